The van der Waals surface area contributed by atoms with Crippen LogP contribution in [-0.4, -0.2) is 25.1 Å². The highest BCUT2D eigenvalue weighted by atomic mass is 31.0. The summed E-state index contributed by atoms with van der Waals surface area (Å²) in [5, 5.41) is 0. The summed E-state index contributed by atoms with van der Waals surface area (Å²) in [7, 11) is 3.98. The van der Waals surface area contributed by atoms with Crippen LogP contribution in [0.5, 0.6) is 0 Å². The van der Waals surface area contributed by atoms with E-state index in [0.29, 0.717) is 6.73 Å². The lowest BCUT2D eigenvalue weighted by Crippen LogP contribution is -2.02. The van der Waals surface area contributed by atoms with Gasteiger partial charge in [-0.3, -0.25) is 0 Å². The second-order valence-electron chi connectivity index (χ2n) is 1.15. The molecule has 0 fully saturated rings. The number of hydrogen-bond donors (Lipinski definition) is 0. The molecule has 0 amide bonds. The van der Waals surface area contributed by atoms with E-state index in [-0.39, 0.29) is 0 Å². The van der Waals surface area contributed by atoms with Crippen molar-refractivity contribution in [2.45, 2.75) is 0 Å². The third kappa shape index (κ3) is 4.06. The van der Waals surface area contributed by atoms with Gasteiger partial charge in [0, 0.05) is 9.47 Å². The van der Waals surface area contributed by atoms with Crippen molar-refractivity contribution in [3.05, 3.63) is 0 Å². The summed E-state index contributed by atoms with van der Waals surface area (Å²) < 4.78 is 6.27. The summed E-state index contributed by atoms with van der Waals surface area (Å²) in [5.41, 5.74) is 0. The van der Waals surface area contributed by atoms with Crippen molar-refractivity contribution in [1.82, 2.24) is 0 Å². The van der Waals surface area contributed by atoms with Crippen LogP contribution in [0.15, 0.2) is 0 Å². The Balaban J connectivity index is 2.83. The third-order valence-electron chi connectivity index (χ3n) is 0.295. The van der Waals surface area contributed by atoms with Gasteiger partial charge in [0.05, 0.1) is 0 Å². The van der Waals surface area contributed by atoms with Gasteiger partial charge in [0.2, 0.25) is 6.73 Å². The van der Waals surface area contributed by atoms with E-state index in [2.05, 4.69) is 20.7 Å². The Morgan fingerprint density at radius 1 is 2.00 bits per heavy atom. The summed E-state index contributed by atoms with van der Waals surface area (Å²) in [6.45, 7) is 4.08. The zero-order valence-corrected chi connectivity index (χ0v) is 5.00. The minimum Gasteiger partial charge on any atom is -0.307 e. The average molecular weight is 106 g/mol. The summed E-state index contributed by atoms with van der Waals surface area (Å²) in [4.78, 5) is 0. The lowest BCUT2D eigenvalue weighted by Gasteiger charge is -1.86. The first kappa shape index (κ1) is 6.06. The lowest BCUT2D eigenvalue weighted by atomic mass is 11.1. The summed E-state index contributed by atoms with van der Waals surface area (Å²) in [6.07, 6.45) is 0. The molecule has 2 nitrogen and oxygen atoms in total. The van der Waals surface area contributed by atoms with Crippen LogP contribution in [0.1, 0.15) is 0 Å². The molecular weight excluding hydrogens is 97.0 g/mol. The molecule has 0 rings (SSSR count). The fraction of sp³-hybridized carbons (Fsp3) is 0.667. The van der Waals surface area contributed by atoms with Gasteiger partial charge in [-0.25, -0.2) is 4.58 Å². The van der Waals surface area contributed by atoms with Crippen molar-refractivity contribution >= 4 is 16.2 Å². The van der Waals surface area contributed by atoms with Gasteiger partial charge < -0.3 is 4.52 Å². The Morgan fingerprint density at radius 3 is 2.50 bits per heavy atom. The Labute approximate surface area is 40.1 Å². The molecule has 1 atom stereocenters. The van der Waals surface area contributed by atoms with Crippen LogP contribution < -0.4 is 0 Å². The van der Waals surface area contributed by atoms with Gasteiger partial charge in [-0.05, 0) is 0 Å². The van der Waals surface area contributed by atoms with Crippen molar-refractivity contribution in [1.29, 1.82) is 0 Å². The third-order valence-corrected chi connectivity index (χ3v) is 0.444. The van der Waals surface area contributed by atoms with E-state index in [0.717, 1.165) is 0 Å². The quantitative estimate of drug-likeness (QED) is 0.210. The zero-order chi connectivity index (χ0) is 4.99. The van der Waals surface area contributed by atoms with Crippen LogP contribution >= 0.6 is 9.47 Å². The molecule has 0 saturated heterocycles. The van der Waals surface area contributed by atoms with Crippen molar-refractivity contribution in [2.24, 2.45) is 0 Å². The molecule has 0 N–H and O–H groups in total. The van der Waals surface area contributed by atoms with E-state index in [4.69, 9.17) is 0 Å². The Morgan fingerprint density at radius 2 is 2.50 bits per heavy atom. The molecule has 0 aliphatic heterocycles. The van der Waals surface area contributed by atoms with E-state index < -0.39 is 0 Å². The summed E-state index contributed by atoms with van der Waals surface area (Å²) in [5.74, 6) is 0. The molecule has 3 heteroatoms. The predicted molar refractivity (Wildman–Crippen MR) is 29.0 cm³/mol. The second-order valence-corrected chi connectivity index (χ2v) is 1.49. The molecular formula is C3H9NOP+. The SMILES string of the molecule is C=[N+](C)COP. The molecule has 1 unspecified atom stereocenters. The van der Waals surface area contributed by atoms with Crippen LogP contribution in [0.2, 0.25) is 0 Å². The van der Waals surface area contributed by atoms with E-state index in [1.54, 1.807) is 4.58 Å². The molecule has 0 aromatic carbocycles. The molecule has 0 saturated carbocycles. The van der Waals surface area contributed by atoms with E-state index in [1.807, 2.05) is 7.05 Å². The fourth-order valence-corrected chi connectivity index (χ4v) is 0.382. The highest BCUT2D eigenvalue weighted by molar-refractivity contribution is 7.09. The van der Waals surface area contributed by atoms with Crippen molar-refractivity contribution in [3.63, 3.8) is 0 Å². The second kappa shape index (κ2) is 3.26. The molecule has 0 aliphatic carbocycles. The van der Waals surface area contributed by atoms with Gasteiger partial charge in [0.15, 0.2) is 0 Å². The monoisotopic (exact) mass is 106 g/mol. The first-order valence-electron chi connectivity index (χ1n) is 1.60. The Bertz CT molecular complexity index is 54.8. The molecule has 36 valence electrons. The van der Waals surface area contributed by atoms with Gasteiger partial charge in [-0.1, -0.05) is 0 Å². The van der Waals surface area contributed by atoms with E-state index in [1.165, 1.54) is 0 Å². The maximum atomic E-state index is 4.58. The summed E-state index contributed by atoms with van der Waals surface area (Å²) >= 11 is 0. The Kier molecular flexibility index (Phi) is 3.29. The van der Waals surface area contributed by atoms with Gasteiger partial charge in [0.25, 0.3) is 0 Å². The zero-order valence-electron chi connectivity index (χ0n) is 3.85. The van der Waals surface area contributed by atoms with Gasteiger partial charge in [-0.15, -0.1) is 0 Å². The number of hydrogen-bond acceptors (Lipinski definition) is 1. The van der Waals surface area contributed by atoms with E-state index in [9.17, 15) is 0 Å². The molecule has 0 aliphatic rings. The van der Waals surface area contributed by atoms with Crippen molar-refractivity contribution in [3.8, 4) is 0 Å². The highest BCUT2D eigenvalue weighted by Crippen LogP contribution is 1.79. The van der Waals surface area contributed by atoms with Gasteiger partial charge in [-0.2, -0.15) is 0 Å². The summed E-state index contributed by atoms with van der Waals surface area (Å²) in [6, 6.07) is 0. The molecule has 6 heavy (non-hydrogen) atoms. The number of nitrogens with zero attached hydrogens (tertiary/aromatic N) is 1. The minimum atomic E-state index is 0.560. The molecule has 0 bridgehead atoms. The van der Waals surface area contributed by atoms with Crippen LogP contribution in [-0.2, 0) is 4.52 Å². The minimum absolute atomic E-state index is 0.560. The molecule has 0 spiro atoms. The maximum Gasteiger partial charge on any atom is 0.249 e. The molecule has 0 aromatic rings. The topological polar surface area (TPSA) is 12.2 Å². The van der Waals surface area contributed by atoms with Gasteiger partial charge in [0.1, 0.15) is 13.8 Å². The lowest BCUT2D eigenvalue weighted by molar-refractivity contribution is -0.520. The van der Waals surface area contributed by atoms with Crippen molar-refractivity contribution in [2.75, 3.05) is 13.8 Å². The van der Waals surface area contributed by atoms with Crippen LogP contribution in [0.4, 0.5) is 0 Å². The molecule has 0 radical (unpaired) electrons. The highest BCUT2D eigenvalue weighted by Gasteiger charge is 1.80. The Hall–Kier alpha value is 0.0600. The van der Waals surface area contributed by atoms with Crippen LogP contribution in [0, 0.1) is 0 Å². The first-order valence-corrected chi connectivity index (χ1v) is 2.08. The fourth-order valence-electron chi connectivity index (χ4n) is 0.127. The normalized spacial score (nSPS) is 8.33. The number of rotatable bonds is 2. The smallest absolute Gasteiger partial charge is 0.249 e. The van der Waals surface area contributed by atoms with Crippen LogP contribution in [0.3, 0.4) is 0 Å². The molecule has 0 aromatic heterocycles. The van der Waals surface area contributed by atoms with Crippen molar-refractivity contribution < 1.29 is 9.10 Å². The van der Waals surface area contributed by atoms with Gasteiger partial charge >= 0.3 is 0 Å². The largest absolute Gasteiger partial charge is 0.307 e. The first-order chi connectivity index (χ1) is 2.77. The molecule has 0 heterocycles. The average Bonchev–Trinajstić information content (AvgIpc) is 1.35. The maximum absolute atomic E-state index is 4.58. The standard InChI is InChI=1S/C3H9NOP/c1-4(2)3-5-6/h1,3,6H2,2H3/q+1. The van der Waals surface area contributed by atoms with Crippen LogP contribution in [0.25, 0.3) is 0 Å². The predicted octanol–water partition coefficient (Wildman–Crippen LogP) is 0.0935. The van der Waals surface area contributed by atoms with E-state index >= 15 is 0 Å².